The highest BCUT2D eigenvalue weighted by Crippen LogP contribution is 2.23. The number of hydrogen-bond donors (Lipinski definition) is 2. The molecule has 0 bridgehead atoms. The lowest BCUT2D eigenvalue weighted by atomic mass is 10.2. The van der Waals surface area contributed by atoms with Gasteiger partial charge in [0, 0.05) is 18.5 Å². The average Bonchev–Trinajstić information content (AvgIpc) is 2.78. The quantitative estimate of drug-likeness (QED) is 0.513. The van der Waals surface area contributed by atoms with E-state index in [9.17, 15) is 19.2 Å². The number of carbonyl (C=O) groups excluding carboxylic acids is 4. The predicted octanol–water partition coefficient (Wildman–Crippen LogP) is 3.16. The molecule has 2 N–H and O–H groups in total. The van der Waals surface area contributed by atoms with Crippen LogP contribution in [-0.2, 0) is 23.9 Å². The highest BCUT2D eigenvalue weighted by molar-refractivity contribution is 5.94. The molecule has 0 spiro atoms. The molecular weight excluding hydrogens is 416 g/mol. The van der Waals surface area contributed by atoms with Gasteiger partial charge in [-0.25, -0.2) is 4.79 Å². The van der Waals surface area contributed by atoms with E-state index in [2.05, 4.69) is 10.6 Å². The van der Waals surface area contributed by atoms with Gasteiger partial charge in [0.1, 0.15) is 5.75 Å². The van der Waals surface area contributed by atoms with Crippen LogP contribution in [0.2, 0.25) is 0 Å². The summed E-state index contributed by atoms with van der Waals surface area (Å²) in [6, 6.07) is 13.2. The van der Waals surface area contributed by atoms with E-state index in [1.165, 1.54) is 19.2 Å². The van der Waals surface area contributed by atoms with E-state index >= 15 is 0 Å². The van der Waals surface area contributed by atoms with Gasteiger partial charge < -0.3 is 24.8 Å². The van der Waals surface area contributed by atoms with Gasteiger partial charge in [0.15, 0.2) is 6.61 Å². The van der Waals surface area contributed by atoms with Crippen LogP contribution in [0.5, 0.6) is 5.75 Å². The third-order valence-electron chi connectivity index (χ3n) is 4.21. The molecule has 0 heterocycles. The number of hydrogen-bond acceptors (Lipinski definition) is 7. The van der Waals surface area contributed by atoms with Crippen molar-refractivity contribution in [2.45, 2.75) is 26.2 Å². The normalized spacial score (nSPS) is 10.1. The predicted molar refractivity (Wildman–Crippen MR) is 117 cm³/mol. The van der Waals surface area contributed by atoms with Gasteiger partial charge in [0.2, 0.25) is 5.91 Å². The van der Waals surface area contributed by atoms with Crippen molar-refractivity contribution >= 4 is 35.1 Å². The summed E-state index contributed by atoms with van der Waals surface area (Å²) in [5.74, 6) is -1.26. The van der Waals surface area contributed by atoms with Gasteiger partial charge in [-0.1, -0.05) is 12.1 Å². The van der Waals surface area contributed by atoms with Gasteiger partial charge in [0.25, 0.3) is 5.91 Å². The molecule has 9 heteroatoms. The number of anilines is 2. The van der Waals surface area contributed by atoms with Gasteiger partial charge in [-0.3, -0.25) is 14.4 Å². The van der Waals surface area contributed by atoms with Crippen LogP contribution in [-0.4, -0.2) is 44.1 Å². The highest BCUT2D eigenvalue weighted by Gasteiger charge is 2.12. The summed E-state index contributed by atoms with van der Waals surface area (Å²) in [6.45, 7) is 1.53. The first-order chi connectivity index (χ1) is 15.4. The highest BCUT2D eigenvalue weighted by atomic mass is 16.5. The summed E-state index contributed by atoms with van der Waals surface area (Å²) in [5, 5.41) is 5.29. The zero-order valence-corrected chi connectivity index (χ0v) is 18.0. The number of rotatable bonds is 11. The maximum Gasteiger partial charge on any atom is 0.338 e. The standard InChI is InChI=1S/C23H26N2O7/c1-3-31-23(29)16-11-13-17(14-12-16)24-21(27)15-32-22(28)10-6-9-20(26)25-18-7-4-5-8-19(18)30-2/h4-5,7-8,11-14H,3,6,9-10,15H2,1-2H3,(H,24,27)(H,25,26). The Balaban J connectivity index is 1.66. The Hall–Kier alpha value is -3.88. The number of nitrogens with one attached hydrogen (secondary N) is 2. The van der Waals surface area contributed by atoms with Gasteiger partial charge >= 0.3 is 11.9 Å². The molecule has 2 aromatic rings. The second kappa shape index (κ2) is 12.7. The molecule has 2 rings (SSSR count). The van der Waals surface area contributed by atoms with Crippen molar-refractivity contribution in [3.8, 4) is 5.75 Å². The van der Waals surface area contributed by atoms with Gasteiger partial charge in [-0.2, -0.15) is 0 Å². The van der Waals surface area contributed by atoms with Crippen molar-refractivity contribution in [2.24, 2.45) is 0 Å². The van der Waals surface area contributed by atoms with Crippen LogP contribution in [0.15, 0.2) is 48.5 Å². The van der Waals surface area contributed by atoms with Gasteiger partial charge in [-0.15, -0.1) is 0 Å². The van der Waals surface area contributed by atoms with E-state index in [0.29, 0.717) is 22.7 Å². The zero-order valence-electron chi connectivity index (χ0n) is 18.0. The molecule has 2 amide bonds. The van der Waals surface area contributed by atoms with Crippen LogP contribution in [0.25, 0.3) is 0 Å². The van der Waals surface area contributed by atoms with Crippen molar-refractivity contribution in [2.75, 3.05) is 31.0 Å². The van der Waals surface area contributed by atoms with Crippen molar-refractivity contribution < 1.29 is 33.4 Å². The Labute approximate surface area is 186 Å². The van der Waals surface area contributed by atoms with E-state index in [-0.39, 0.29) is 31.8 Å². The molecule has 0 saturated carbocycles. The Kier molecular flexibility index (Phi) is 9.70. The Bertz CT molecular complexity index is 942. The van der Waals surface area contributed by atoms with Crippen LogP contribution in [0.1, 0.15) is 36.5 Å². The summed E-state index contributed by atoms with van der Waals surface area (Å²) in [6.07, 6.45) is 0.393. The van der Waals surface area contributed by atoms with E-state index in [1.54, 1.807) is 43.3 Å². The molecule has 0 atom stereocenters. The second-order valence-corrected chi connectivity index (χ2v) is 6.61. The maximum absolute atomic E-state index is 12.0. The van der Waals surface area contributed by atoms with Crippen LogP contribution in [0.3, 0.4) is 0 Å². The first-order valence-electron chi connectivity index (χ1n) is 10.1. The van der Waals surface area contributed by atoms with E-state index in [4.69, 9.17) is 14.2 Å². The fourth-order valence-electron chi connectivity index (χ4n) is 2.67. The first-order valence-corrected chi connectivity index (χ1v) is 10.1. The number of para-hydroxylation sites is 2. The minimum absolute atomic E-state index is 0.000855. The maximum atomic E-state index is 12.0. The van der Waals surface area contributed by atoms with Crippen LogP contribution < -0.4 is 15.4 Å². The smallest absolute Gasteiger partial charge is 0.338 e. The molecule has 9 nitrogen and oxygen atoms in total. The molecule has 0 radical (unpaired) electrons. The summed E-state index contributed by atoms with van der Waals surface area (Å²) in [4.78, 5) is 47.4. The number of methoxy groups -OCH3 is 1. The lowest BCUT2D eigenvalue weighted by Crippen LogP contribution is -2.21. The number of esters is 2. The SMILES string of the molecule is CCOC(=O)c1ccc(NC(=O)COC(=O)CCCC(=O)Nc2ccccc2OC)cc1. The Morgan fingerprint density at radius 1 is 0.844 bits per heavy atom. The molecular formula is C23H26N2O7. The van der Waals surface area contributed by atoms with Gasteiger partial charge in [-0.05, 0) is 49.7 Å². The summed E-state index contributed by atoms with van der Waals surface area (Å²) < 4.78 is 15.0. The number of amides is 2. The summed E-state index contributed by atoms with van der Waals surface area (Å²) >= 11 is 0. The molecule has 0 aliphatic rings. The lowest BCUT2D eigenvalue weighted by molar-refractivity contribution is -0.147. The van der Waals surface area contributed by atoms with Crippen molar-refractivity contribution in [1.29, 1.82) is 0 Å². The molecule has 0 saturated heterocycles. The number of benzene rings is 2. The second-order valence-electron chi connectivity index (χ2n) is 6.61. The zero-order chi connectivity index (χ0) is 23.3. The van der Waals surface area contributed by atoms with E-state index in [1.807, 2.05) is 0 Å². The van der Waals surface area contributed by atoms with Crippen LogP contribution in [0, 0.1) is 0 Å². The molecule has 0 aliphatic heterocycles. The fourth-order valence-corrected chi connectivity index (χ4v) is 2.67. The summed E-state index contributed by atoms with van der Waals surface area (Å²) in [7, 11) is 1.51. The molecule has 2 aromatic carbocycles. The van der Waals surface area contributed by atoms with E-state index < -0.39 is 24.5 Å². The van der Waals surface area contributed by atoms with Crippen molar-refractivity contribution in [3.63, 3.8) is 0 Å². The lowest BCUT2D eigenvalue weighted by Gasteiger charge is -2.10. The molecule has 170 valence electrons. The van der Waals surface area contributed by atoms with Crippen LogP contribution in [0.4, 0.5) is 11.4 Å². The monoisotopic (exact) mass is 442 g/mol. The minimum Gasteiger partial charge on any atom is -0.495 e. The largest absolute Gasteiger partial charge is 0.495 e. The van der Waals surface area contributed by atoms with Crippen LogP contribution >= 0.6 is 0 Å². The van der Waals surface area contributed by atoms with Gasteiger partial charge in [0.05, 0.1) is 25.0 Å². The van der Waals surface area contributed by atoms with Crippen molar-refractivity contribution in [1.82, 2.24) is 0 Å². The fraction of sp³-hybridized carbons (Fsp3) is 0.304. The van der Waals surface area contributed by atoms with Crippen molar-refractivity contribution in [3.05, 3.63) is 54.1 Å². The average molecular weight is 442 g/mol. The third kappa shape index (κ3) is 8.10. The Morgan fingerprint density at radius 3 is 2.25 bits per heavy atom. The first kappa shape index (κ1) is 24.4. The molecule has 0 aliphatic carbocycles. The molecule has 0 fully saturated rings. The topological polar surface area (TPSA) is 120 Å². The Morgan fingerprint density at radius 2 is 1.56 bits per heavy atom. The van der Waals surface area contributed by atoms with E-state index in [0.717, 1.165) is 0 Å². The molecule has 32 heavy (non-hydrogen) atoms. The third-order valence-corrected chi connectivity index (χ3v) is 4.21. The number of carbonyl (C=O) groups is 4. The minimum atomic E-state index is -0.581. The molecule has 0 aromatic heterocycles. The number of ether oxygens (including phenoxy) is 3. The summed E-state index contributed by atoms with van der Waals surface area (Å²) in [5.41, 5.74) is 1.37. The molecule has 0 unspecified atom stereocenters.